The predicted molar refractivity (Wildman–Crippen MR) is 114 cm³/mol. The molecule has 5 atom stereocenters. The first-order valence-corrected chi connectivity index (χ1v) is 10.9. The summed E-state index contributed by atoms with van der Waals surface area (Å²) in [5.41, 5.74) is 3.06. The van der Waals surface area contributed by atoms with Crippen molar-refractivity contribution in [1.82, 2.24) is 4.90 Å². The molecule has 152 valence electrons. The van der Waals surface area contributed by atoms with Crippen LogP contribution in [0.15, 0.2) is 18.2 Å². The van der Waals surface area contributed by atoms with Crippen molar-refractivity contribution in [2.24, 2.45) is 17.3 Å². The van der Waals surface area contributed by atoms with E-state index in [1.54, 1.807) is 6.92 Å². The van der Waals surface area contributed by atoms with Gasteiger partial charge in [-0.1, -0.05) is 13.0 Å². The van der Waals surface area contributed by atoms with E-state index >= 15 is 0 Å². The van der Waals surface area contributed by atoms with Gasteiger partial charge < -0.3 is 14.4 Å². The van der Waals surface area contributed by atoms with Crippen LogP contribution in [-0.2, 0) is 16.0 Å². The van der Waals surface area contributed by atoms with Gasteiger partial charge in [-0.25, -0.2) is 0 Å². The molecular formula is C23H31NO3S. The van der Waals surface area contributed by atoms with Crippen LogP contribution < -0.4 is 4.74 Å². The van der Waals surface area contributed by atoms with Crippen LogP contribution in [0.5, 0.6) is 5.75 Å². The highest BCUT2D eigenvalue weighted by Gasteiger charge is 2.56. The van der Waals surface area contributed by atoms with E-state index in [4.69, 9.17) is 21.7 Å². The second-order valence-corrected chi connectivity index (χ2v) is 9.61. The lowest BCUT2D eigenvalue weighted by Crippen LogP contribution is -2.45. The highest BCUT2D eigenvalue weighted by molar-refractivity contribution is 7.80. The molecule has 0 N–H and O–H groups in total. The Hall–Kier alpha value is -1.62. The van der Waals surface area contributed by atoms with E-state index < -0.39 is 0 Å². The Morgan fingerprint density at radius 1 is 1.21 bits per heavy atom. The number of fused-ring (bicyclic) bond motifs is 5. The molecule has 0 aromatic heterocycles. The lowest BCUT2D eigenvalue weighted by Gasteiger charge is -2.50. The van der Waals surface area contributed by atoms with Gasteiger partial charge in [0.25, 0.3) is 5.17 Å². The zero-order chi connectivity index (χ0) is 20.1. The van der Waals surface area contributed by atoms with Crippen molar-refractivity contribution < 1.29 is 14.3 Å². The summed E-state index contributed by atoms with van der Waals surface area (Å²) in [6.45, 7) is 3.91. The first-order chi connectivity index (χ1) is 13.3. The van der Waals surface area contributed by atoms with Crippen molar-refractivity contribution in [2.75, 3.05) is 14.1 Å². The number of nitrogens with zero attached hydrogens (tertiary/aromatic N) is 1. The summed E-state index contributed by atoms with van der Waals surface area (Å²) in [6, 6.07) is 6.52. The fraction of sp³-hybridized carbons (Fsp3) is 0.652. The first kappa shape index (κ1) is 19.7. The van der Waals surface area contributed by atoms with Crippen LogP contribution in [0.4, 0.5) is 0 Å². The van der Waals surface area contributed by atoms with E-state index in [0.717, 1.165) is 25.0 Å². The molecule has 5 unspecified atom stereocenters. The van der Waals surface area contributed by atoms with Gasteiger partial charge in [0.2, 0.25) is 0 Å². The monoisotopic (exact) mass is 401 g/mol. The molecule has 1 aromatic carbocycles. The number of carbonyl (C=O) groups is 1. The van der Waals surface area contributed by atoms with Gasteiger partial charge in [0.15, 0.2) is 0 Å². The Morgan fingerprint density at radius 3 is 2.71 bits per heavy atom. The van der Waals surface area contributed by atoms with Crippen molar-refractivity contribution in [3.63, 3.8) is 0 Å². The highest BCUT2D eigenvalue weighted by atomic mass is 32.1. The molecular weight excluding hydrogens is 370 g/mol. The van der Waals surface area contributed by atoms with Gasteiger partial charge in [-0.2, -0.15) is 0 Å². The molecule has 4 rings (SSSR count). The predicted octanol–water partition coefficient (Wildman–Crippen LogP) is 4.70. The van der Waals surface area contributed by atoms with Crippen molar-refractivity contribution in [2.45, 2.75) is 64.4 Å². The van der Waals surface area contributed by atoms with Crippen LogP contribution in [0, 0.1) is 17.3 Å². The minimum absolute atomic E-state index is 0.0974. The van der Waals surface area contributed by atoms with Crippen LogP contribution in [0.3, 0.4) is 0 Å². The SMILES string of the molecule is CC(=O)OC1CCC2C3CCc4cc(OC(=S)N(C)C)ccc4C3CCC12C. The van der Waals surface area contributed by atoms with Gasteiger partial charge in [0.05, 0.1) is 0 Å². The number of esters is 1. The van der Waals surface area contributed by atoms with Crippen LogP contribution in [0.1, 0.15) is 63.0 Å². The average molecular weight is 402 g/mol. The Bertz CT molecular complexity index is 792. The number of carbonyl (C=O) groups excluding carboxylic acids is 1. The molecule has 28 heavy (non-hydrogen) atoms. The van der Waals surface area contributed by atoms with Crippen LogP contribution in [-0.4, -0.2) is 36.2 Å². The minimum Gasteiger partial charge on any atom is -0.462 e. The zero-order valence-electron chi connectivity index (χ0n) is 17.4. The summed E-state index contributed by atoms with van der Waals surface area (Å²) in [5.74, 6) is 2.67. The molecule has 3 aliphatic rings. The van der Waals surface area contributed by atoms with Gasteiger partial charge >= 0.3 is 5.97 Å². The zero-order valence-corrected chi connectivity index (χ0v) is 18.2. The summed E-state index contributed by atoms with van der Waals surface area (Å²) in [5, 5.41) is 0.490. The number of ether oxygens (including phenoxy) is 2. The van der Waals surface area contributed by atoms with E-state index in [0.29, 0.717) is 22.9 Å². The Kier molecular flexibility index (Phi) is 5.15. The van der Waals surface area contributed by atoms with Crippen LogP contribution in [0.2, 0.25) is 0 Å². The molecule has 0 bridgehead atoms. The number of hydrogen-bond acceptors (Lipinski definition) is 4. The number of thiocarbonyl (C=S) groups is 1. The van der Waals surface area contributed by atoms with E-state index in [1.807, 2.05) is 19.0 Å². The minimum atomic E-state index is -0.133. The normalized spacial score (nSPS) is 33.3. The maximum atomic E-state index is 11.6. The van der Waals surface area contributed by atoms with E-state index in [-0.39, 0.29) is 17.5 Å². The van der Waals surface area contributed by atoms with Crippen LogP contribution in [0.25, 0.3) is 0 Å². The second kappa shape index (κ2) is 7.33. The number of aryl methyl sites for hydroxylation is 1. The molecule has 0 spiro atoms. The quantitative estimate of drug-likeness (QED) is 0.530. The van der Waals surface area contributed by atoms with Gasteiger partial charge in [0.1, 0.15) is 11.9 Å². The largest absolute Gasteiger partial charge is 0.462 e. The Morgan fingerprint density at radius 2 is 2.00 bits per heavy atom. The third-order valence-corrected chi connectivity index (χ3v) is 7.94. The van der Waals surface area contributed by atoms with E-state index in [9.17, 15) is 4.79 Å². The summed E-state index contributed by atoms with van der Waals surface area (Å²) < 4.78 is 11.6. The Labute approximate surface area is 173 Å². The molecule has 5 heteroatoms. The van der Waals surface area contributed by atoms with Crippen molar-refractivity contribution in [3.05, 3.63) is 29.3 Å². The standard InChI is InChI=1S/C23H31NO3S/c1-14(25)26-21-10-9-20-19-7-5-15-13-16(27-22(28)24(3)4)6-8-17(15)18(19)11-12-23(20,21)2/h6,8,13,18-21H,5,7,9-12H2,1-4H3. The van der Waals surface area contributed by atoms with E-state index in [2.05, 4.69) is 25.1 Å². The maximum absolute atomic E-state index is 11.6. The fourth-order valence-corrected chi connectivity index (χ4v) is 6.26. The smallest absolute Gasteiger partial charge is 0.302 e. The van der Waals surface area contributed by atoms with Crippen LogP contribution >= 0.6 is 12.2 Å². The number of hydrogen-bond donors (Lipinski definition) is 0. The maximum Gasteiger partial charge on any atom is 0.302 e. The molecule has 1 aromatic rings. The molecule has 0 heterocycles. The van der Waals surface area contributed by atoms with Gasteiger partial charge in [-0.3, -0.25) is 4.79 Å². The third-order valence-electron chi connectivity index (χ3n) is 7.49. The fourth-order valence-electron chi connectivity index (χ4n) is 6.16. The van der Waals surface area contributed by atoms with E-state index in [1.165, 1.54) is 30.4 Å². The third kappa shape index (κ3) is 3.32. The summed E-state index contributed by atoms with van der Waals surface area (Å²) in [6.07, 6.45) is 6.92. The lowest BCUT2D eigenvalue weighted by atomic mass is 9.55. The van der Waals surface area contributed by atoms with Crippen molar-refractivity contribution in [1.29, 1.82) is 0 Å². The highest BCUT2D eigenvalue weighted by Crippen LogP contribution is 2.61. The molecule has 4 nitrogen and oxygen atoms in total. The van der Waals surface area contributed by atoms with Crippen molar-refractivity contribution >= 4 is 23.4 Å². The summed E-state index contributed by atoms with van der Waals surface area (Å²) in [7, 11) is 3.80. The number of benzene rings is 1. The molecule has 2 fully saturated rings. The molecule has 2 saturated carbocycles. The summed E-state index contributed by atoms with van der Waals surface area (Å²) >= 11 is 5.28. The molecule has 0 aliphatic heterocycles. The molecule has 0 radical (unpaired) electrons. The molecule has 0 amide bonds. The van der Waals surface area contributed by atoms with Gasteiger partial charge in [-0.05, 0) is 91.8 Å². The van der Waals surface area contributed by atoms with Gasteiger partial charge in [-0.15, -0.1) is 0 Å². The van der Waals surface area contributed by atoms with Gasteiger partial charge in [0, 0.05) is 26.4 Å². The Balaban J connectivity index is 1.55. The number of rotatable bonds is 2. The molecule has 3 aliphatic carbocycles. The lowest BCUT2D eigenvalue weighted by molar-refractivity contribution is -0.154. The topological polar surface area (TPSA) is 38.8 Å². The first-order valence-electron chi connectivity index (χ1n) is 10.5. The van der Waals surface area contributed by atoms with Crippen molar-refractivity contribution in [3.8, 4) is 5.75 Å². The average Bonchev–Trinajstić information content (AvgIpc) is 2.97. The molecule has 0 saturated heterocycles. The second-order valence-electron chi connectivity index (χ2n) is 9.26. The summed E-state index contributed by atoms with van der Waals surface area (Å²) in [4.78, 5) is 13.4.